The second kappa shape index (κ2) is 11.0. The fourth-order valence-corrected chi connectivity index (χ4v) is 6.12. The zero-order valence-electron chi connectivity index (χ0n) is 22.8. The van der Waals surface area contributed by atoms with Gasteiger partial charge in [-0.2, -0.15) is 5.26 Å². The monoisotopic (exact) mass is 551 g/mol. The van der Waals surface area contributed by atoms with Gasteiger partial charge in [0.05, 0.1) is 18.4 Å². The van der Waals surface area contributed by atoms with E-state index in [9.17, 15) is 19.2 Å². The average Bonchev–Trinajstić information content (AvgIpc) is 3.30. The molecule has 2 aliphatic heterocycles. The predicted molar refractivity (Wildman–Crippen MR) is 154 cm³/mol. The number of fused-ring (bicyclic) bond motifs is 2. The highest BCUT2D eigenvalue weighted by Gasteiger charge is 2.31. The van der Waals surface area contributed by atoms with Crippen LogP contribution in [0.5, 0.6) is 5.75 Å². The van der Waals surface area contributed by atoms with Gasteiger partial charge >= 0.3 is 6.03 Å². The van der Waals surface area contributed by atoms with Crippen LogP contribution in [0.1, 0.15) is 52.0 Å². The maximum absolute atomic E-state index is 13.6. The number of halogens is 1. The number of allylic oxidation sites excluding steroid dienone is 2. The third-order valence-electron chi connectivity index (χ3n) is 8.32. The van der Waals surface area contributed by atoms with Crippen molar-refractivity contribution in [3.05, 3.63) is 88.5 Å². The molecule has 3 aliphatic rings. The van der Waals surface area contributed by atoms with Crippen LogP contribution >= 0.6 is 0 Å². The fraction of sp³-hybridized carbons (Fsp3) is 0.312. The lowest BCUT2D eigenvalue weighted by Gasteiger charge is -2.39. The van der Waals surface area contributed by atoms with E-state index < -0.39 is 0 Å². The highest BCUT2D eigenvalue weighted by atomic mass is 19.1. The van der Waals surface area contributed by atoms with Crippen LogP contribution in [0.4, 0.5) is 20.6 Å². The minimum absolute atomic E-state index is 0.0629. The van der Waals surface area contributed by atoms with Crippen molar-refractivity contribution in [1.82, 2.24) is 9.88 Å². The molecule has 8 nitrogen and oxygen atoms in total. The van der Waals surface area contributed by atoms with Crippen molar-refractivity contribution in [2.24, 2.45) is 0 Å². The van der Waals surface area contributed by atoms with E-state index >= 15 is 0 Å². The molecule has 0 bridgehead atoms. The largest absolute Gasteiger partial charge is 0.497 e. The molecule has 1 aromatic heterocycles. The van der Waals surface area contributed by atoms with E-state index in [1.54, 1.807) is 25.3 Å². The number of aryl methyl sites for hydroxylation is 1. The molecule has 9 heteroatoms. The smallest absolute Gasteiger partial charge is 0.322 e. The highest BCUT2D eigenvalue weighted by Crippen LogP contribution is 2.34. The highest BCUT2D eigenvalue weighted by molar-refractivity contribution is 6.08. The Morgan fingerprint density at radius 1 is 1.10 bits per heavy atom. The number of carbonyl (C=O) groups is 2. The number of piperidine rings is 1. The summed E-state index contributed by atoms with van der Waals surface area (Å²) >= 11 is 0. The molecule has 0 saturated carbocycles. The van der Waals surface area contributed by atoms with Gasteiger partial charge in [-0.15, -0.1) is 0 Å². The van der Waals surface area contributed by atoms with Gasteiger partial charge in [0.15, 0.2) is 0 Å². The summed E-state index contributed by atoms with van der Waals surface area (Å²) in [6.45, 7) is 1.89. The van der Waals surface area contributed by atoms with Gasteiger partial charge in [0.2, 0.25) is 5.78 Å². The molecule has 1 N–H and O–H groups in total. The summed E-state index contributed by atoms with van der Waals surface area (Å²) in [4.78, 5) is 34.6. The van der Waals surface area contributed by atoms with E-state index in [0.717, 1.165) is 53.0 Å². The molecule has 1 saturated heterocycles. The van der Waals surface area contributed by atoms with Gasteiger partial charge in [-0.3, -0.25) is 9.78 Å². The second-order valence-electron chi connectivity index (χ2n) is 10.6. The summed E-state index contributed by atoms with van der Waals surface area (Å²) < 4.78 is 18.9. The normalized spacial score (nSPS) is 17.9. The topological polar surface area (TPSA) is 98.6 Å². The van der Waals surface area contributed by atoms with E-state index in [1.165, 1.54) is 18.3 Å². The predicted octanol–water partition coefficient (Wildman–Crippen LogP) is 5.37. The molecule has 208 valence electrons. The van der Waals surface area contributed by atoms with Crippen LogP contribution in [0.2, 0.25) is 0 Å². The molecule has 0 radical (unpaired) electrons. The van der Waals surface area contributed by atoms with Crippen LogP contribution in [0.15, 0.2) is 54.7 Å². The number of aromatic nitrogens is 1. The first-order chi connectivity index (χ1) is 19.9. The molecule has 2 amide bonds. The van der Waals surface area contributed by atoms with Crippen LogP contribution in [-0.2, 0) is 12.8 Å². The number of amides is 2. The lowest BCUT2D eigenvalue weighted by Crippen LogP contribution is -2.49. The Kier molecular flexibility index (Phi) is 7.14. The third kappa shape index (κ3) is 5.25. The number of carbonyl (C=O) groups excluding carboxylic acids is 2. The lowest BCUT2D eigenvalue weighted by atomic mass is 10.0. The standard InChI is InChI=1S/C32H30FN5O3/c1-41-26-5-7-28-22(15-26)8-13-38(32(40)36-28)25-9-11-37(12-10-25)30-17-29(35-19-23(30)18-34)31(39)16-21-3-2-20-14-24(33)4-6-27(20)21/h4-7,14-17,19,25H,2-3,8-13H2,1H3,(H,36,40). The zero-order valence-corrected chi connectivity index (χ0v) is 22.8. The Morgan fingerprint density at radius 3 is 2.71 bits per heavy atom. The SMILES string of the molecule is COc1ccc2c(c1)CCN(C1CCN(c3cc(C(=O)C=C4CCc5cc(F)ccc54)ncc3C#N)CC1)C(=O)N2. The first-order valence-electron chi connectivity index (χ1n) is 13.9. The van der Waals surface area contributed by atoms with Gasteiger partial charge in [-0.25, -0.2) is 9.18 Å². The van der Waals surface area contributed by atoms with Crippen molar-refractivity contribution in [3.8, 4) is 11.8 Å². The lowest BCUT2D eigenvalue weighted by molar-refractivity contribution is 0.104. The number of benzene rings is 2. The summed E-state index contributed by atoms with van der Waals surface area (Å²) in [5.41, 5.74) is 5.89. The number of ether oxygens (including phenoxy) is 1. The number of methoxy groups -OCH3 is 1. The third-order valence-corrected chi connectivity index (χ3v) is 8.32. The molecule has 6 rings (SSSR count). The first-order valence-corrected chi connectivity index (χ1v) is 13.9. The minimum atomic E-state index is -0.277. The van der Waals surface area contributed by atoms with Crippen molar-refractivity contribution in [2.45, 2.75) is 38.1 Å². The van der Waals surface area contributed by atoms with Crippen molar-refractivity contribution < 1.29 is 18.7 Å². The minimum Gasteiger partial charge on any atom is -0.497 e. The summed E-state index contributed by atoms with van der Waals surface area (Å²) in [7, 11) is 1.63. The van der Waals surface area contributed by atoms with Crippen LogP contribution in [0, 0.1) is 17.1 Å². The Balaban J connectivity index is 1.15. The Hall–Kier alpha value is -4.71. The molecule has 2 aromatic carbocycles. The van der Waals surface area contributed by atoms with Crippen molar-refractivity contribution in [2.75, 3.05) is 37.0 Å². The summed E-state index contributed by atoms with van der Waals surface area (Å²) in [6.07, 6.45) is 6.61. The number of rotatable bonds is 5. The molecule has 0 unspecified atom stereocenters. The Labute approximate surface area is 238 Å². The summed E-state index contributed by atoms with van der Waals surface area (Å²) in [5, 5.41) is 12.8. The molecule has 1 aliphatic carbocycles. The van der Waals surface area contributed by atoms with E-state index in [4.69, 9.17) is 4.74 Å². The molecular formula is C32H30FN5O3. The molecular weight excluding hydrogens is 521 g/mol. The van der Waals surface area contributed by atoms with Crippen LogP contribution in [0.25, 0.3) is 5.57 Å². The van der Waals surface area contributed by atoms with E-state index in [2.05, 4.69) is 21.3 Å². The zero-order chi connectivity index (χ0) is 28.5. The van der Waals surface area contributed by atoms with Gasteiger partial charge < -0.3 is 19.9 Å². The summed E-state index contributed by atoms with van der Waals surface area (Å²) in [6, 6.07) is 14.2. The van der Waals surface area contributed by atoms with Gasteiger partial charge in [0.1, 0.15) is 23.3 Å². The fourth-order valence-electron chi connectivity index (χ4n) is 6.12. The Morgan fingerprint density at radius 2 is 1.93 bits per heavy atom. The number of pyridine rings is 1. The first kappa shape index (κ1) is 26.5. The summed E-state index contributed by atoms with van der Waals surface area (Å²) in [5.74, 6) is 0.249. The van der Waals surface area contributed by atoms with Crippen LogP contribution < -0.4 is 15.0 Å². The van der Waals surface area contributed by atoms with Crippen LogP contribution in [0.3, 0.4) is 0 Å². The number of nitrogens with one attached hydrogen (secondary N) is 1. The van der Waals surface area contributed by atoms with E-state index in [1.807, 2.05) is 23.1 Å². The number of hydrogen-bond acceptors (Lipinski definition) is 6. The van der Waals surface area contributed by atoms with E-state index in [-0.39, 0.29) is 29.4 Å². The number of hydrogen-bond donors (Lipinski definition) is 1. The van der Waals surface area contributed by atoms with E-state index in [0.29, 0.717) is 43.7 Å². The number of nitrogens with zero attached hydrogens (tertiary/aromatic N) is 4. The number of ketones is 1. The molecule has 41 heavy (non-hydrogen) atoms. The molecule has 3 aromatic rings. The van der Waals surface area contributed by atoms with Gasteiger partial charge in [0.25, 0.3) is 0 Å². The van der Waals surface area contributed by atoms with Crippen molar-refractivity contribution >= 4 is 28.8 Å². The number of urea groups is 1. The number of nitriles is 1. The maximum atomic E-state index is 13.6. The van der Waals surface area contributed by atoms with Gasteiger partial charge in [0, 0.05) is 37.6 Å². The quantitative estimate of drug-likeness (QED) is 0.338. The average molecular weight is 552 g/mol. The van der Waals surface area contributed by atoms with Crippen LogP contribution in [-0.4, -0.2) is 54.5 Å². The second-order valence-corrected chi connectivity index (χ2v) is 10.6. The molecule has 1 fully saturated rings. The molecule has 3 heterocycles. The number of anilines is 2. The molecule has 0 spiro atoms. The maximum Gasteiger partial charge on any atom is 0.322 e. The molecule has 0 atom stereocenters. The van der Waals surface area contributed by atoms with Crippen molar-refractivity contribution in [3.63, 3.8) is 0 Å². The van der Waals surface area contributed by atoms with Gasteiger partial charge in [-0.05, 0) is 96.8 Å². The van der Waals surface area contributed by atoms with Crippen molar-refractivity contribution in [1.29, 1.82) is 5.26 Å². The Bertz CT molecular complexity index is 1600. The van der Waals surface area contributed by atoms with Gasteiger partial charge in [-0.1, -0.05) is 6.07 Å².